The van der Waals surface area contributed by atoms with Crippen LogP contribution in [0.5, 0.6) is 0 Å². The standard InChI is InChI=1S/C30H46N4O2/c1-6-26(23-10-8-7-9-11-23)28(35)33-17-14-32(15-18-33)16-19-34(29(36)31-22(2)3)21-24-12-13-25-20-27(24)30(25,4)5/h7-12,22,25-27H,6,13-21H2,1-5H3,(H,31,36). The Morgan fingerprint density at radius 1 is 1.11 bits per heavy atom. The van der Waals surface area contributed by atoms with E-state index in [4.69, 9.17) is 0 Å². The van der Waals surface area contributed by atoms with Crippen LogP contribution in [0.4, 0.5) is 4.79 Å². The summed E-state index contributed by atoms with van der Waals surface area (Å²) in [6.07, 6.45) is 5.64. The number of nitrogens with zero attached hydrogens (tertiary/aromatic N) is 3. The van der Waals surface area contributed by atoms with E-state index in [1.807, 2.05) is 41.8 Å². The van der Waals surface area contributed by atoms with Gasteiger partial charge < -0.3 is 15.1 Å². The van der Waals surface area contributed by atoms with Crippen LogP contribution in [0.25, 0.3) is 0 Å². The number of nitrogens with one attached hydrogen (secondary N) is 1. The van der Waals surface area contributed by atoms with Crippen molar-refractivity contribution in [2.45, 2.75) is 65.8 Å². The van der Waals surface area contributed by atoms with Crippen LogP contribution in [0.3, 0.4) is 0 Å². The number of carbonyl (C=O) groups excluding carboxylic acids is 2. The van der Waals surface area contributed by atoms with Gasteiger partial charge in [0.05, 0.1) is 5.92 Å². The second kappa shape index (κ2) is 11.4. The molecule has 1 aromatic rings. The number of hydrogen-bond donors (Lipinski definition) is 1. The maximum Gasteiger partial charge on any atom is 0.317 e. The highest BCUT2D eigenvalue weighted by molar-refractivity contribution is 5.83. The zero-order chi connectivity index (χ0) is 25.9. The molecule has 198 valence electrons. The maximum atomic E-state index is 13.2. The van der Waals surface area contributed by atoms with Gasteiger partial charge in [0.15, 0.2) is 0 Å². The summed E-state index contributed by atoms with van der Waals surface area (Å²) in [4.78, 5) is 32.8. The molecule has 2 bridgehead atoms. The highest BCUT2D eigenvalue weighted by Crippen LogP contribution is 2.59. The van der Waals surface area contributed by atoms with E-state index in [0.717, 1.165) is 63.6 Å². The molecule has 3 aliphatic carbocycles. The molecule has 6 heteroatoms. The first-order chi connectivity index (χ1) is 17.2. The Labute approximate surface area is 218 Å². The van der Waals surface area contributed by atoms with E-state index in [1.54, 1.807) is 0 Å². The summed E-state index contributed by atoms with van der Waals surface area (Å²) in [6.45, 7) is 16.4. The Morgan fingerprint density at radius 3 is 2.39 bits per heavy atom. The third kappa shape index (κ3) is 5.80. The molecule has 3 unspecified atom stereocenters. The Bertz CT molecular complexity index is 934. The number of urea groups is 1. The van der Waals surface area contributed by atoms with Crippen LogP contribution in [0.2, 0.25) is 0 Å². The largest absolute Gasteiger partial charge is 0.340 e. The zero-order valence-electron chi connectivity index (χ0n) is 23.0. The predicted octanol–water partition coefficient (Wildman–Crippen LogP) is 4.74. The van der Waals surface area contributed by atoms with Crippen molar-refractivity contribution in [1.29, 1.82) is 0 Å². The van der Waals surface area contributed by atoms with Gasteiger partial charge in [-0.25, -0.2) is 4.79 Å². The van der Waals surface area contributed by atoms with Gasteiger partial charge in [-0.3, -0.25) is 9.69 Å². The van der Waals surface area contributed by atoms with E-state index < -0.39 is 0 Å². The van der Waals surface area contributed by atoms with E-state index in [1.165, 1.54) is 12.0 Å². The number of rotatable bonds is 9. The van der Waals surface area contributed by atoms with Crippen molar-refractivity contribution < 1.29 is 9.59 Å². The Balaban J connectivity index is 1.31. The van der Waals surface area contributed by atoms with Crippen molar-refractivity contribution in [2.75, 3.05) is 45.8 Å². The Hall–Kier alpha value is -2.34. The highest BCUT2D eigenvalue weighted by Gasteiger charge is 2.51. The maximum absolute atomic E-state index is 13.2. The lowest BCUT2D eigenvalue weighted by molar-refractivity contribution is -0.134. The number of allylic oxidation sites excluding steroid dienone is 1. The van der Waals surface area contributed by atoms with Crippen LogP contribution in [-0.4, -0.2) is 78.5 Å². The quantitative estimate of drug-likeness (QED) is 0.505. The molecule has 1 N–H and O–H groups in total. The predicted molar refractivity (Wildman–Crippen MR) is 146 cm³/mol. The molecule has 1 saturated heterocycles. The zero-order valence-corrected chi connectivity index (χ0v) is 23.0. The van der Waals surface area contributed by atoms with Crippen molar-refractivity contribution in [1.82, 2.24) is 20.0 Å². The third-order valence-corrected chi connectivity index (χ3v) is 8.93. The van der Waals surface area contributed by atoms with Crippen molar-refractivity contribution in [2.24, 2.45) is 17.3 Å². The fourth-order valence-electron chi connectivity index (χ4n) is 6.38. The summed E-state index contributed by atoms with van der Waals surface area (Å²) in [5.74, 6) is 1.59. The number of piperazine rings is 1. The van der Waals surface area contributed by atoms with Gasteiger partial charge in [-0.1, -0.05) is 62.8 Å². The average Bonchev–Trinajstić information content (AvgIpc) is 2.87. The molecular formula is C30H46N4O2. The van der Waals surface area contributed by atoms with Gasteiger partial charge in [0, 0.05) is 51.9 Å². The molecule has 1 aliphatic heterocycles. The molecule has 6 nitrogen and oxygen atoms in total. The summed E-state index contributed by atoms with van der Waals surface area (Å²) in [7, 11) is 0. The smallest absolute Gasteiger partial charge is 0.317 e. The summed E-state index contributed by atoms with van der Waals surface area (Å²) in [6, 6.07) is 10.3. The molecule has 3 atom stereocenters. The molecule has 36 heavy (non-hydrogen) atoms. The third-order valence-electron chi connectivity index (χ3n) is 8.93. The van der Waals surface area contributed by atoms with E-state index in [0.29, 0.717) is 17.9 Å². The minimum absolute atomic E-state index is 0.0348. The fourth-order valence-corrected chi connectivity index (χ4v) is 6.38. The van der Waals surface area contributed by atoms with Gasteiger partial charge in [-0.05, 0) is 55.9 Å². The molecule has 3 amide bonds. The van der Waals surface area contributed by atoms with E-state index in [9.17, 15) is 9.59 Å². The molecule has 0 radical (unpaired) electrons. The molecule has 5 rings (SSSR count). The number of carbonyl (C=O) groups is 2. The SMILES string of the molecule is CCC(C(=O)N1CCN(CCN(CC2=CCC3CC2C3(C)C)C(=O)NC(C)C)CC1)c1ccccc1. The van der Waals surface area contributed by atoms with Gasteiger partial charge in [0.2, 0.25) is 5.91 Å². The first-order valence-corrected chi connectivity index (χ1v) is 14.0. The molecule has 1 saturated carbocycles. The molecule has 1 aromatic carbocycles. The fraction of sp³-hybridized carbons (Fsp3) is 0.667. The minimum atomic E-state index is -0.0629. The van der Waals surface area contributed by atoms with Crippen molar-refractivity contribution in [3.8, 4) is 0 Å². The first kappa shape index (κ1) is 26.7. The Kier molecular flexibility index (Phi) is 8.44. The normalized spacial score (nSPS) is 24.1. The summed E-state index contributed by atoms with van der Waals surface area (Å²) in [5.41, 5.74) is 2.92. The van der Waals surface area contributed by atoms with E-state index in [-0.39, 0.29) is 23.9 Å². The number of hydrogen-bond acceptors (Lipinski definition) is 3. The number of fused-ring (bicyclic) bond motifs is 1. The van der Waals surface area contributed by atoms with Crippen molar-refractivity contribution in [3.05, 3.63) is 47.5 Å². The monoisotopic (exact) mass is 494 g/mol. The molecule has 1 heterocycles. The van der Waals surface area contributed by atoms with Crippen LogP contribution in [0.15, 0.2) is 42.0 Å². The topological polar surface area (TPSA) is 55.9 Å². The van der Waals surface area contributed by atoms with Gasteiger partial charge in [-0.2, -0.15) is 0 Å². The minimum Gasteiger partial charge on any atom is -0.340 e. The molecule has 2 fully saturated rings. The van der Waals surface area contributed by atoms with Crippen molar-refractivity contribution in [3.63, 3.8) is 0 Å². The van der Waals surface area contributed by atoms with Crippen molar-refractivity contribution >= 4 is 11.9 Å². The second-order valence-electron chi connectivity index (χ2n) is 11.9. The number of amides is 3. The van der Waals surface area contributed by atoms with Gasteiger partial charge in [0.25, 0.3) is 0 Å². The lowest BCUT2D eigenvalue weighted by atomic mass is 9.49. The van der Waals surface area contributed by atoms with Crippen LogP contribution in [0.1, 0.15) is 65.4 Å². The molecule has 4 aliphatic rings. The van der Waals surface area contributed by atoms with Gasteiger partial charge in [-0.15, -0.1) is 0 Å². The van der Waals surface area contributed by atoms with E-state index >= 15 is 0 Å². The van der Waals surface area contributed by atoms with Gasteiger partial charge >= 0.3 is 6.03 Å². The Morgan fingerprint density at radius 2 is 1.81 bits per heavy atom. The first-order valence-electron chi connectivity index (χ1n) is 14.0. The molecular weight excluding hydrogens is 448 g/mol. The lowest BCUT2D eigenvalue weighted by Crippen LogP contribution is -2.54. The van der Waals surface area contributed by atoms with Crippen LogP contribution in [0, 0.1) is 17.3 Å². The number of benzene rings is 1. The average molecular weight is 495 g/mol. The second-order valence-corrected chi connectivity index (χ2v) is 11.9. The summed E-state index contributed by atoms with van der Waals surface area (Å²) in [5, 5.41) is 3.11. The van der Waals surface area contributed by atoms with Crippen LogP contribution < -0.4 is 5.32 Å². The van der Waals surface area contributed by atoms with E-state index in [2.05, 4.69) is 49.2 Å². The van der Waals surface area contributed by atoms with Crippen LogP contribution >= 0.6 is 0 Å². The van der Waals surface area contributed by atoms with Gasteiger partial charge in [0.1, 0.15) is 0 Å². The highest BCUT2D eigenvalue weighted by atomic mass is 16.2. The molecule has 0 aromatic heterocycles. The summed E-state index contributed by atoms with van der Waals surface area (Å²) < 4.78 is 0. The molecule has 0 spiro atoms. The summed E-state index contributed by atoms with van der Waals surface area (Å²) >= 11 is 0. The van der Waals surface area contributed by atoms with Crippen LogP contribution in [-0.2, 0) is 4.79 Å². The lowest BCUT2D eigenvalue weighted by Gasteiger charge is -2.57.